The Morgan fingerprint density at radius 2 is 1.80 bits per heavy atom. The molecule has 2 rings (SSSR count). The molecule has 2 saturated carbocycles. The zero-order valence-corrected chi connectivity index (χ0v) is 7.56. The normalized spacial score (nSPS) is 42.9. The highest BCUT2D eigenvalue weighted by Gasteiger charge is 2.40. The number of hydrogen-bond acceptors (Lipinski definition) is 0. The Bertz CT molecular complexity index is 96.2. The van der Waals surface area contributed by atoms with Gasteiger partial charge in [0.25, 0.3) is 0 Å². The molecule has 2 fully saturated rings. The van der Waals surface area contributed by atoms with E-state index >= 15 is 0 Å². The molecular weight excluding hydrogens is 120 g/mol. The summed E-state index contributed by atoms with van der Waals surface area (Å²) >= 11 is 0. The molecule has 0 saturated heterocycles. The number of rotatable bonds is 0. The van der Waals surface area contributed by atoms with Crippen LogP contribution in [0.15, 0.2) is 0 Å². The van der Waals surface area contributed by atoms with Gasteiger partial charge in [0, 0.05) is 0 Å². The minimum absolute atomic E-state index is 1.09. The Kier molecular flexibility index (Phi) is 2.76. The van der Waals surface area contributed by atoms with Crippen LogP contribution in [0.1, 0.15) is 46.5 Å². The molecule has 0 N–H and O–H groups in total. The zero-order chi connectivity index (χ0) is 7.56. The smallest absolute Gasteiger partial charge is 0.0360 e. The molecule has 0 radical (unpaired) electrons. The molecule has 0 aromatic carbocycles. The highest BCUT2D eigenvalue weighted by molar-refractivity contribution is 4.90. The summed E-state index contributed by atoms with van der Waals surface area (Å²) < 4.78 is 0. The van der Waals surface area contributed by atoms with E-state index in [-0.39, 0.29) is 0 Å². The van der Waals surface area contributed by atoms with Gasteiger partial charge in [-0.15, -0.1) is 0 Å². The van der Waals surface area contributed by atoms with Crippen LogP contribution in [0, 0.1) is 17.8 Å². The summed E-state index contributed by atoms with van der Waals surface area (Å²) in [5, 5.41) is 0. The molecule has 60 valence electrons. The van der Waals surface area contributed by atoms with E-state index in [0.29, 0.717) is 0 Å². The summed E-state index contributed by atoms with van der Waals surface area (Å²) in [4.78, 5) is 0. The Morgan fingerprint density at radius 3 is 2.20 bits per heavy atom. The Labute approximate surface area is 65.0 Å². The minimum atomic E-state index is 1.09. The predicted molar refractivity (Wildman–Crippen MR) is 46.0 cm³/mol. The van der Waals surface area contributed by atoms with E-state index in [0.717, 1.165) is 11.8 Å². The monoisotopic (exact) mass is 140 g/mol. The van der Waals surface area contributed by atoms with Gasteiger partial charge < -0.3 is 0 Å². The van der Waals surface area contributed by atoms with E-state index in [1.165, 1.54) is 12.3 Å². The molecule has 10 heavy (non-hydrogen) atoms. The van der Waals surface area contributed by atoms with Crippen molar-refractivity contribution in [1.29, 1.82) is 0 Å². The van der Waals surface area contributed by atoms with Gasteiger partial charge in [-0.3, -0.25) is 0 Å². The third-order valence-corrected chi connectivity index (χ3v) is 3.12. The SMILES string of the molecule is CC.CC1CC2CCCC12. The lowest BCUT2D eigenvalue weighted by molar-refractivity contribution is 0.120. The van der Waals surface area contributed by atoms with Crippen LogP contribution in [0.25, 0.3) is 0 Å². The van der Waals surface area contributed by atoms with E-state index in [1.54, 1.807) is 19.3 Å². The third kappa shape index (κ3) is 1.21. The van der Waals surface area contributed by atoms with Crippen molar-refractivity contribution in [3.63, 3.8) is 0 Å². The first-order valence-corrected chi connectivity index (χ1v) is 4.88. The van der Waals surface area contributed by atoms with Crippen molar-refractivity contribution in [3.05, 3.63) is 0 Å². The molecule has 0 heterocycles. The van der Waals surface area contributed by atoms with Gasteiger partial charge >= 0.3 is 0 Å². The maximum Gasteiger partial charge on any atom is -0.0360 e. The highest BCUT2D eigenvalue weighted by Crippen LogP contribution is 2.50. The largest absolute Gasteiger partial charge is 0.0683 e. The quantitative estimate of drug-likeness (QED) is 0.483. The van der Waals surface area contributed by atoms with Crippen LogP contribution in [0.4, 0.5) is 0 Å². The second-order valence-corrected chi connectivity index (χ2v) is 3.57. The van der Waals surface area contributed by atoms with Gasteiger partial charge in [-0.2, -0.15) is 0 Å². The fourth-order valence-corrected chi connectivity index (χ4v) is 2.56. The van der Waals surface area contributed by atoms with Crippen LogP contribution in [-0.2, 0) is 0 Å². The van der Waals surface area contributed by atoms with Gasteiger partial charge in [-0.05, 0) is 30.6 Å². The highest BCUT2D eigenvalue weighted by atomic mass is 14.5. The second kappa shape index (κ2) is 3.41. The summed E-state index contributed by atoms with van der Waals surface area (Å²) in [5.41, 5.74) is 0. The van der Waals surface area contributed by atoms with Crippen LogP contribution >= 0.6 is 0 Å². The summed E-state index contributed by atoms with van der Waals surface area (Å²) in [6.07, 6.45) is 6.17. The van der Waals surface area contributed by atoms with Crippen LogP contribution in [0.5, 0.6) is 0 Å². The second-order valence-electron chi connectivity index (χ2n) is 3.57. The van der Waals surface area contributed by atoms with E-state index < -0.39 is 0 Å². The average Bonchev–Trinajstić information content (AvgIpc) is 2.34. The van der Waals surface area contributed by atoms with Crippen LogP contribution in [0.2, 0.25) is 0 Å². The van der Waals surface area contributed by atoms with Crippen LogP contribution in [-0.4, -0.2) is 0 Å². The van der Waals surface area contributed by atoms with Gasteiger partial charge in [0.15, 0.2) is 0 Å². The van der Waals surface area contributed by atoms with E-state index in [1.807, 2.05) is 13.8 Å². The summed E-state index contributed by atoms with van der Waals surface area (Å²) in [6, 6.07) is 0. The average molecular weight is 140 g/mol. The molecule has 2 aliphatic rings. The molecule has 0 nitrogen and oxygen atoms in total. The topological polar surface area (TPSA) is 0 Å². The first-order chi connectivity index (χ1) is 4.88. The molecule has 0 spiro atoms. The van der Waals surface area contributed by atoms with Crippen LogP contribution < -0.4 is 0 Å². The lowest BCUT2D eigenvalue weighted by Crippen LogP contribution is -2.29. The summed E-state index contributed by atoms with van der Waals surface area (Å²) in [5.74, 6) is 3.42. The molecule has 3 unspecified atom stereocenters. The van der Waals surface area contributed by atoms with Gasteiger partial charge in [0.1, 0.15) is 0 Å². The molecule has 3 atom stereocenters. The van der Waals surface area contributed by atoms with Gasteiger partial charge in [-0.25, -0.2) is 0 Å². The third-order valence-electron chi connectivity index (χ3n) is 3.12. The summed E-state index contributed by atoms with van der Waals surface area (Å²) in [6.45, 7) is 6.41. The first-order valence-electron chi connectivity index (χ1n) is 4.88. The lowest BCUT2D eigenvalue weighted by Gasteiger charge is -2.37. The Balaban J connectivity index is 0.000000231. The number of hydrogen-bond donors (Lipinski definition) is 0. The fraction of sp³-hybridized carbons (Fsp3) is 1.00. The standard InChI is InChI=1S/C8H14.C2H6/c1-6-5-7-3-2-4-8(6)7;1-2/h6-8H,2-5H2,1H3;1-2H3. The van der Waals surface area contributed by atoms with Crippen molar-refractivity contribution in [2.24, 2.45) is 17.8 Å². The van der Waals surface area contributed by atoms with Crippen molar-refractivity contribution < 1.29 is 0 Å². The zero-order valence-electron chi connectivity index (χ0n) is 7.56. The molecule has 0 amide bonds. The Hall–Kier alpha value is 0. The van der Waals surface area contributed by atoms with Crippen LogP contribution in [0.3, 0.4) is 0 Å². The maximum atomic E-state index is 2.41. The maximum absolute atomic E-state index is 2.41. The molecule has 2 aliphatic carbocycles. The van der Waals surface area contributed by atoms with Gasteiger partial charge in [0.2, 0.25) is 0 Å². The van der Waals surface area contributed by atoms with Crippen molar-refractivity contribution in [2.75, 3.05) is 0 Å². The first kappa shape index (κ1) is 8.10. The molecule has 0 aromatic heterocycles. The van der Waals surface area contributed by atoms with E-state index in [4.69, 9.17) is 0 Å². The molecule has 0 aromatic rings. The molecular formula is C10H20. The van der Waals surface area contributed by atoms with Crippen molar-refractivity contribution in [2.45, 2.75) is 46.5 Å². The molecule has 0 aliphatic heterocycles. The molecule has 0 heteroatoms. The van der Waals surface area contributed by atoms with Crippen molar-refractivity contribution >= 4 is 0 Å². The van der Waals surface area contributed by atoms with Gasteiger partial charge in [-0.1, -0.05) is 33.6 Å². The minimum Gasteiger partial charge on any atom is -0.0683 e. The van der Waals surface area contributed by atoms with E-state index in [9.17, 15) is 0 Å². The van der Waals surface area contributed by atoms with E-state index in [2.05, 4.69) is 6.92 Å². The molecule has 0 bridgehead atoms. The Morgan fingerprint density at radius 1 is 1.10 bits per heavy atom. The van der Waals surface area contributed by atoms with Crippen molar-refractivity contribution in [1.82, 2.24) is 0 Å². The fourth-order valence-electron chi connectivity index (χ4n) is 2.56. The van der Waals surface area contributed by atoms with Crippen molar-refractivity contribution in [3.8, 4) is 0 Å². The predicted octanol–water partition coefficient (Wildman–Crippen LogP) is 3.47. The summed E-state index contributed by atoms with van der Waals surface area (Å²) in [7, 11) is 0. The lowest BCUT2D eigenvalue weighted by atomic mass is 9.68. The number of fused-ring (bicyclic) bond motifs is 1. The van der Waals surface area contributed by atoms with Gasteiger partial charge in [0.05, 0.1) is 0 Å².